The lowest BCUT2D eigenvalue weighted by Crippen LogP contribution is -2.39. The normalized spacial score (nSPS) is 10.3. The number of aryl methyl sites for hydroxylation is 1. The highest BCUT2D eigenvalue weighted by atomic mass is 16.2. The van der Waals surface area contributed by atoms with Crippen LogP contribution in [0.15, 0.2) is 54.6 Å². The summed E-state index contributed by atoms with van der Waals surface area (Å²) in [6, 6.07) is 17.3. The monoisotopic (exact) mass is 339 g/mol. The fourth-order valence-electron chi connectivity index (χ4n) is 2.56. The molecule has 2 aromatic carbocycles. The maximum atomic E-state index is 12.3. The van der Waals surface area contributed by atoms with E-state index in [-0.39, 0.29) is 18.4 Å². The first-order valence-corrected chi connectivity index (χ1v) is 8.52. The van der Waals surface area contributed by atoms with Crippen molar-refractivity contribution in [2.24, 2.45) is 0 Å². The molecule has 0 radical (unpaired) electrons. The van der Waals surface area contributed by atoms with E-state index in [1.54, 1.807) is 4.90 Å². The van der Waals surface area contributed by atoms with Gasteiger partial charge in [-0.15, -0.1) is 0 Å². The summed E-state index contributed by atoms with van der Waals surface area (Å²) in [7, 11) is 0. The Hall–Kier alpha value is -2.82. The minimum absolute atomic E-state index is 0.0176. The number of nitrogen functional groups attached to an aromatic ring is 1. The van der Waals surface area contributed by atoms with Gasteiger partial charge in [0.1, 0.15) is 0 Å². The number of nitrogens with one attached hydrogen (secondary N) is 1. The number of benzene rings is 2. The first-order valence-electron chi connectivity index (χ1n) is 8.52. The summed E-state index contributed by atoms with van der Waals surface area (Å²) in [5.41, 5.74) is 8.57. The molecule has 2 rings (SSSR count). The van der Waals surface area contributed by atoms with Crippen LogP contribution in [0.1, 0.15) is 24.5 Å². The third-order valence-electron chi connectivity index (χ3n) is 4.06. The van der Waals surface area contributed by atoms with Gasteiger partial charge in [-0.1, -0.05) is 48.5 Å². The molecule has 0 aliphatic carbocycles. The lowest BCUT2D eigenvalue weighted by molar-refractivity contribution is -0.133. The fraction of sp³-hybridized carbons (Fsp3) is 0.300. The van der Waals surface area contributed by atoms with Crippen LogP contribution in [0, 0.1) is 0 Å². The van der Waals surface area contributed by atoms with Crippen molar-refractivity contribution in [3.63, 3.8) is 0 Å². The molecule has 0 saturated heterocycles. The third-order valence-corrected chi connectivity index (χ3v) is 4.06. The van der Waals surface area contributed by atoms with Gasteiger partial charge < -0.3 is 16.0 Å². The molecule has 2 aromatic rings. The third kappa shape index (κ3) is 5.95. The molecule has 5 nitrogen and oxygen atoms in total. The minimum Gasteiger partial charge on any atom is -0.399 e. The Kier molecular flexibility index (Phi) is 7.01. The van der Waals surface area contributed by atoms with Crippen LogP contribution in [-0.4, -0.2) is 29.8 Å². The summed E-state index contributed by atoms with van der Waals surface area (Å²) in [5, 5.41) is 2.70. The maximum absolute atomic E-state index is 12.3. The minimum atomic E-state index is -0.146. The van der Waals surface area contributed by atoms with Crippen molar-refractivity contribution in [3.8, 4) is 0 Å². The lowest BCUT2D eigenvalue weighted by Gasteiger charge is -2.21. The second kappa shape index (κ2) is 9.47. The maximum Gasteiger partial charge on any atom is 0.242 e. The average Bonchev–Trinajstić information content (AvgIpc) is 2.64. The number of carbonyl (C=O) groups is 2. The smallest absolute Gasteiger partial charge is 0.242 e. The van der Waals surface area contributed by atoms with Crippen LogP contribution in [0.4, 0.5) is 5.69 Å². The Labute approximate surface area is 148 Å². The Balaban J connectivity index is 1.77. The summed E-state index contributed by atoms with van der Waals surface area (Å²) in [6.07, 6.45) is 0.876. The highest BCUT2D eigenvalue weighted by molar-refractivity contribution is 5.84. The Bertz CT molecular complexity index is 701. The number of likely N-dealkylation sites (N-methyl/N-ethyl adjacent to an activating group) is 1. The van der Waals surface area contributed by atoms with Gasteiger partial charge >= 0.3 is 0 Å². The Morgan fingerprint density at radius 1 is 1.04 bits per heavy atom. The van der Waals surface area contributed by atoms with E-state index in [0.717, 1.165) is 11.1 Å². The van der Waals surface area contributed by atoms with Crippen molar-refractivity contribution in [1.29, 1.82) is 0 Å². The number of nitrogens with two attached hydrogens (primary N) is 1. The number of nitrogens with zero attached hydrogens (tertiary/aromatic N) is 1. The molecule has 0 bridgehead atoms. The molecule has 25 heavy (non-hydrogen) atoms. The molecule has 0 heterocycles. The standard InChI is InChI=1S/C20H25N3O2/c1-2-23(15-16-8-4-3-5-9-16)20(25)14-22-19(24)13-12-17-10-6-7-11-18(17)21/h3-11H,2,12-15,21H2,1H3,(H,22,24). The van der Waals surface area contributed by atoms with Crippen LogP contribution in [0.5, 0.6) is 0 Å². The highest BCUT2D eigenvalue weighted by Gasteiger charge is 2.13. The van der Waals surface area contributed by atoms with Gasteiger partial charge in [0.25, 0.3) is 0 Å². The summed E-state index contributed by atoms with van der Waals surface area (Å²) in [4.78, 5) is 26.0. The van der Waals surface area contributed by atoms with Gasteiger partial charge in [-0.25, -0.2) is 0 Å². The molecule has 0 aromatic heterocycles. The second-order valence-corrected chi connectivity index (χ2v) is 5.87. The Morgan fingerprint density at radius 2 is 1.72 bits per heavy atom. The van der Waals surface area contributed by atoms with E-state index >= 15 is 0 Å². The molecule has 0 fully saturated rings. The van der Waals surface area contributed by atoms with Crippen molar-refractivity contribution in [2.75, 3.05) is 18.8 Å². The van der Waals surface area contributed by atoms with Crippen molar-refractivity contribution in [3.05, 3.63) is 65.7 Å². The van der Waals surface area contributed by atoms with Gasteiger partial charge in [-0.05, 0) is 30.5 Å². The molecule has 0 aliphatic rings. The fourth-order valence-corrected chi connectivity index (χ4v) is 2.56. The van der Waals surface area contributed by atoms with E-state index < -0.39 is 0 Å². The van der Waals surface area contributed by atoms with Gasteiger partial charge in [0.2, 0.25) is 11.8 Å². The van der Waals surface area contributed by atoms with Gasteiger partial charge in [-0.3, -0.25) is 9.59 Å². The number of amides is 2. The van der Waals surface area contributed by atoms with Crippen molar-refractivity contribution in [2.45, 2.75) is 26.3 Å². The van der Waals surface area contributed by atoms with Crippen LogP contribution >= 0.6 is 0 Å². The predicted molar refractivity (Wildman–Crippen MR) is 99.7 cm³/mol. The summed E-state index contributed by atoms with van der Waals surface area (Å²) < 4.78 is 0. The van der Waals surface area contributed by atoms with Gasteiger partial charge in [0.05, 0.1) is 6.54 Å². The van der Waals surface area contributed by atoms with Gasteiger partial charge in [0.15, 0.2) is 0 Å². The molecule has 0 spiro atoms. The highest BCUT2D eigenvalue weighted by Crippen LogP contribution is 2.12. The van der Waals surface area contributed by atoms with Crippen molar-refractivity contribution >= 4 is 17.5 Å². The first kappa shape index (κ1) is 18.5. The largest absolute Gasteiger partial charge is 0.399 e. The quantitative estimate of drug-likeness (QED) is 0.725. The zero-order valence-electron chi connectivity index (χ0n) is 14.6. The number of hydrogen-bond donors (Lipinski definition) is 2. The summed E-state index contributed by atoms with van der Waals surface area (Å²) >= 11 is 0. The first-order chi connectivity index (χ1) is 12.1. The van der Waals surface area contributed by atoms with Gasteiger partial charge in [-0.2, -0.15) is 0 Å². The van der Waals surface area contributed by atoms with E-state index in [1.165, 1.54) is 0 Å². The molecule has 0 saturated carbocycles. The molecule has 0 aliphatic heterocycles. The summed E-state index contributed by atoms with van der Waals surface area (Å²) in [5.74, 6) is -0.230. The zero-order chi connectivity index (χ0) is 18.1. The van der Waals surface area contributed by atoms with E-state index in [9.17, 15) is 9.59 Å². The molecule has 2 amide bonds. The predicted octanol–water partition coefficient (Wildman–Crippen LogP) is 2.37. The Morgan fingerprint density at radius 3 is 2.40 bits per heavy atom. The van der Waals surface area contributed by atoms with Crippen LogP contribution in [-0.2, 0) is 22.6 Å². The van der Waals surface area contributed by atoms with E-state index in [0.29, 0.717) is 31.6 Å². The molecule has 5 heteroatoms. The van der Waals surface area contributed by atoms with Crippen LogP contribution in [0.3, 0.4) is 0 Å². The van der Waals surface area contributed by atoms with E-state index in [1.807, 2.05) is 61.5 Å². The van der Waals surface area contributed by atoms with E-state index in [2.05, 4.69) is 5.32 Å². The number of hydrogen-bond acceptors (Lipinski definition) is 3. The molecular formula is C20H25N3O2. The number of anilines is 1. The number of para-hydroxylation sites is 1. The molecular weight excluding hydrogens is 314 g/mol. The van der Waals surface area contributed by atoms with Gasteiger partial charge in [0, 0.05) is 25.2 Å². The van der Waals surface area contributed by atoms with Crippen molar-refractivity contribution < 1.29 is 9.59 Å². The number of rotatable bonds is 8. The molecule has 132 valence electrons. The molecule has 3 N–H and O–H groups in total. The lowest BCUT2D eigenvalue weighted by atomic mass is 10.1. The number of carbonyl (C=O) groups excluding carboxylic acids is 2. The van der Waals surface area contributed by atoms with Crippen LogP contribution in [0.2, 0.25) is 0 Å². The van der Waals surface area contributed by atoms with Crippen molar-refractivity contribution in [1.82, 2.24) is 10.2 Å². The van der Waals surface area contributed by atoms with E-state index in [4.69, 9.17) is 5.73 Å². The second-order valence-electron chi connectivity index (χ2n) is 5.87. The zero-order valence-corrected chi connectivity index (χ0v) is 14.6. The summed E-state index contributed by atoms with van der Waals surface area (Å²) in [6.45, 7) is 3.10. The van der Waals surface area contributed by atoms with Crippen LogP contribution in [0.25, 0.3) is 0 Å². The SMILES string of the molecule is CCN(Cc1ccccc1)C(=O)CNC(=O)CCc1ccccc1N. The average molecular weight is 339 g/mol. The topological polar surface area (TPSA) is 75.4 Å². The molecule has 0 atom stereocenters. The van der Waals surface area contributed by atoms with Crippen LogP contribution < -0.4 is 11.1 Å². The molecule has 0 unspecified atom stereocenters.